The Morgan fingerprint density at radius 3 is 2.43 bits per heavy atom. The summed E-state index contributed by atoms with van der Waals surface area (Å²) in [6, 6.07) is 19.2. The Labute approximate surface area is 214 Å². The summed E-state index contributed by atoms with van der Waals surface area (Å²) in [6.45, 7) is 5.59. The molecule has 0 fully saturated rings. The molecule has 0 saturated heterocycles. The second-order valence-corrected chi connectivity index (χ2v) is 8.90. The van der Waals surface area contributed by atoms with Crippen molar-refractivity contribution in [3.8, 4) is 17.1 Å². The average molecular weight is 499 g/mol. The van der Waals surface area contributed by atoms with E-state index < -0.39 is 6.04 Å². The fraction of sp³-hybridized carbons (Fsp3) is 0.207. The van der Waals surface area contributed by atoms with Gasteiger partial charge in [0, 0.05) is 11.3 Å². The van der Waals surface area contributed by atoms with Crippen molar-refractivity contribution in [3.63, 3.8) is 0 Å². The van der Waals surface area contributed by atoms with Crippen LogP contribution in [0, 0.1) is 12.7 Å². The number of benzene rings is 3. The number of allylic oxidation sites excluding steroid dienone is 1. The maximum Gasteiger partial charge on any atom is 0.326 e. The van der Waals surface area contributed by atoms with E-state index in [2.05, 4.69) is 22.4 Å². The van der Waals surface area contributed by atoms with Gasteiger partial charge in [-0.3, -0.25) is 4.90 Å². The first-order valence-electron chi connectivity index (χ1n) is 12.0. The summed E-state index contributed by atoms with van der Waals surface area (Å²) in [5.74, 6) is 1.09. The number of rotatable bonds is 6. The van der Waals surface area contributed by atoms with Crippen molar-refractivity contribution in [1.29, 1.82) is 0 Å². The number of methoxy groups -OCH3 is 1. The van der Waals surface area contributed by atoms with E-state index in [0.717, 1.165) is 23.3 Å². The molecule has 7 nitrogen and oxygen atoms in total. The minimum absolute atomic E-state index is 0.289. The first kappa shape index (κ1) is 24.2. The molecule has 1 aliphatic rings. The minimum Gasteiger partial charge on any atom is -0.497 e. The average Bonchev–Trinajstić information content (AvgIpc) is 3.40. The predicted molar refractivity (Wildman–Crippen MR) is 140 cm³/mol. The molecule has 0 bridgehead atoms. The van der Waals surface area contributed by atoms with Crippen LogP contribution in [0.3, 0.4) is 0 Å². The molecule has 2 heterocycles. The van der Waals surface area contributed by atoms with Crippen LogP contribution in [0.4, 0.5) is 14.9 Å². The maximum atomic E-state index is 14.0. The summed E-state index contributed by atoms with van der Waals surface area (Å²) in [6.07, 6.45) is 0.908. The van der Waals surface area contributed by atoms with Crippen LogP contribution in [0.1, 0.15) is 42.5 Å². The lowest BCUT2D eigenvalue weighted by molar-refractivity contribution is 0.244. The molecule has 3 aromatic carbocycles. The third-order valence-corrected chi connectivity index (χ3v) is 6.61. The fourth-order valence-corrected chi connectivity index (χ4v) is 4.48. The van der Waals surface area contributed by atoms with Gasteiger partial charge in [0.1, 0.15) is 11.6 Å². The molecular weight excluding hydrogens is 471 g/mol. The zero-order chi connectivity index (χ0) is 26.1. The monoisotopic (exact) mass is 498 g/mol. The number of nitrogens with zero attached hydrogens (tertiary/aromatic N) is 3. The summed E-state index contributed by atoms with van der Waals surface area (Å²) in [4.78, 5) is 19.6. The Hall–Kier alpha value is -4.46. The lowest BCUT2D eigenvalue weighted by atomic mass is 9.93. The van der Waals surface area contributed by atoms with E-state index in [4.69, 9.17) is 9.26 Å². The third-order valence-electron chi connectivity index (χ3n) is 6.61. The van der Waals surface area contributed by atoms with Crippen LogP contribution in [-0.4, -0.2) is 23.3 Å². The van der Waals surface area contributed by atoms with Gasteiger partial charge in [-0.15, -0.1) is 0 Å². The number of urea groups is 1. The predicted octanol–water partition coefficient (Wildman–Crippen LogP) is 6.46. The molecule has 4 aromatic rings. The van der Waals surface area contributed by atoms with Crippen molar-refractivity contribution in [2.24, 2.45) is 0 Å². The van der Waals surface area contributed by atoms with Gasteiger partial charge < -0.3 is 14.6 Å². The molecule has 1 aliphatic heterocycles. The number of hydrogen-bond acceptors (Lipinski definition) is 5. The number of anilines is 1. The number of amides is 2. The third kappa shape index (κ3) is 4.58. The van der Waals surface area contributed by atoms with Gasteiger partial charge in [0.15, 0.2) is 0 Å². The zero-order valence-corrected chi connectivity index (χ0v) is 21.1. The quantitative estimate of drug-likeness (QED) is 0.330. The molecule has 2 amide bonds. The number of hydrogen-bond donors (Lipinski definition) is 1. The molecular formula is C29H27FN4O3. The molecule has 1 N–H and O–H groups in total. The lowest BCUT2D eigenvalue weighted by Crippen LogP contribution is -2.46. The highest BCUT2D eigenvalue weighted by Crippen LogP contribution is 2.39. The number of nitrogens with one attached hydrogen (secondary N) is 1. The van der Waals surface area contributed by atoms with Crippen molar-refractivity contribution >= 4 is 17.3 Å². The van der Waals surface area contributed by atoms with E-state index in [1.165, 1.54) is 16.5 Å². The van der Waals surface area contributed by atoms with E-state index in [1.54, 1.807) is 26.2 Å². The van der Waals surface area contributed by atoms with Crippen LogP contribution in [0.25, 0.3) is 17.0 Å². The maximum absolute atomic E-state index is 14.0. The summed E-state index contributed by atoms with van der Waals surface area (Å²) >= 11 is 0. The van der Waals surface area contributed by atoms with E-state index in [-0.39, 0.29) is 17.7 Å². The van der Waals surface area contributed by atoms with Crippen molar-refractivity contribution < 1.29 is 18.4 Å². The Kier molecular flexibility index (Phi) is 6.48. The van der Waals surface area contributed by atoms with Gasteiger partial charge in [-0.05, 0) is 79.4 Å². The minimum atomic E-state index is -0.514. The van der Waals surface area contributed by atoms with Gasteiger partial charge in [0.05, 0.1) is 24.4 Å². The highest BCUT2D eigenvalue weighted by Gasteiger charge is 2.36. The Morgan fingerprint density at radius 2 is 1.78 bits per heavy atom. The van der Waals surface area contributed by atoms with E-state index in [1.807, 2.05) is 55.5 Å². The van der Waals surface area contributed by atoms with Crippen LogP contribution in [-0.2, 0) is 6.42 Å². The fourth-order valence-electron chi connectivity index (χ4n) is 4.48. The standard InChI is InChI=1S/C29H27FN4O3/c1-5-19-6-8-20(9-7-19)26-25(28-32-27(33-37-28)21-10-13-23(36-4)14-11-21)18(3)34(29(35)31-26)22-12-15-24(30)17(2)16-22/h6-16,26H,5H2,1-4H3,(H,31,35). The molecule has 8 heteroatoms. The summed E-state index contributed by atoms with van der Waals surface area (Å²) in [5.41, 5.74) is 5.11. The molecule has 0 spiro atoms. The molecule has 0 saturated carbocycles. The van der Waals surface area contributed by atoms with E-state index in [9.17, 15) is 9.18 Å². The Morgan fingerprint density at radius 1 is 1.05 bits per heavy atom. The largest absolute Gasteiger partial charge is 0.497 e. The van der Waals surface area contributed by atoms with Gasteiger partial charge in [0.25, 0.3) is 5.89 Å². The van der Waals surface area contributed by atoms with Crippen molar-refractivity contribution in [3.05, 3.63) is 101 Å². The van der Waals surface area contributed by atoms with Crippen molar-refractivity contribution in [1.82, 2.24) is 15.5 Å². The summed E-state index contributed by atoms with van der Waals surface area (Å²) in [7, 11) is 1.61. The lowest BCUT2D eigenvalue weighted by Gasteiger charge is -2.35. The van der Waals surface area contributed by atoms with Gasteiger partial charge >= 0.3 is 6.03 Å². The van der Waals surface area contributed by atoms with Crippen molar-refractivity contribution in [2.45, 2.75) is 33.2 Å². The number of aromatic nitrogens is 2. The molecule has 0 radical (unpaired) electrons. The highest BCUT2D eigenvalue weighted by atomic mass is 19.1. The molecule has 1 atom stereocenters. The second-order valence-electron chi connectivity index (χ2n) is 8.90. The van der Waals surface area contributed by atoms with Crippen LogP contribution < -0.4 is 15.0 Å². The normalized spacial score (nSPS) is 15.6. The topological polar surface area (TPSA) is 80.5 Å². The molecule has 5 rings (SSSR count). The van der Waals surface area contributed by atoms with Crippen LogP contribution in [0.15, 0.2) is 77.0 Å². The molecule has 188 valence electrons. The van der Waals surface area contributed by atoms with Crippen LogP contribution >= 0.6 is 0 Å². The van der Waals surface area contributed by atoms with Gasteiger partial charge in [-0.25, -0.2) is 9.18 Å². The smallest absolute Gasteiger partial charge is 0.326 e. The van der Waals surface area contributed by atoms with Gasteiger partial charge in [-0.1, -0.05) is 36.3 Å². The number of carbonyl (C=O) groups is 1. The van der Waals surface area contributed by atoms with E-state index in [0.29, 0.717) is 28.3 Å². The second kappa shape index (κ2) is 9.89. The Bertz CT molecular complexity index is 1480. The van der Waals surface area contributed by atoms with Crippen LogP contribution in [0.5, 0.6) is 5.75 Å². The van der Waals surface area contributed by atoms with Crippen molar-refractivity contribution in [2.75, 3.05) is 12.0 Å². The first-order valence-corrected chi connectivity index (χ1v) is 12.0. The molecule has 1 unspecified atom stereocenters. The number of aryl methyl sites for hydroxylation is 2. The zero-order valence-electron chi connectivity index (χ0n) is 21.1. The first-order chi connectivity index (χ1) is 17.9. The van der Waals surface area contributed by atoms with E-state index >= 15 is 0 Å². The number of halogens is 1. The Balaban J connectivity index is 1.63. The van der Waals surface area contributed by atoms with Gasteiger partial charge in [0.2, 0.25) is 5.82 Å². The summed E-state index contributed by atoms with van der Waals surface area (Å²) < 4.78 is 25.0. The van der Waals surface area contributed by atoms with Crippen LogP contribution in [0.2, 0.25) is 0 Å². The molecule has 1 aromatic heterocycles. The SMILES string of the molecule is CCc1ccc(C2NC(=O)N(c3ccc(F)c(C)c3)C(C)=C2c2nc(-c3ccc(OC)cc3)no2)cc1. The molecule has 37 heavy (non-hydrogen) atoms. The van der Waals surface area contributed by atoms with Gasteiger partial charge in [-0.2, -0.15) is 4.98 Å². The number of ether oxygens (including phenoxy) is 1. The highest BCUT2D eigenvalue weighted by molar-refractivity contribution is 6.01. The number of carbonyl (C=O) groups excluding carboxylic acids is 1. The molecule has 0 aliphatic carbocycles. The summed E-state index contributed by atoms with van der Waals surface area (Å²) in [5, 5.41) is 7.29.